The number of benzene rings is 1. The summed E-state index contributed by atoms with van der Waals surface area (Å²) >= 11 is 2.88. The van der Waals surface area contributed by atoms with Gasteiger partial charge in [-0.05, 0) is 6.07 Å². The van der Waals surface area contributed by atoms with Gasteiger partial charge in [0.2, 0.25) is 0 Å². The van der Waals surface area contributed by atoms with Crippen LogP contribution in [0.3, 0.4) is 0 Å². The number of alkyl halides is 3. The first-order valence-electron chi connectivity index (χ1n) is 3.58. The molecule has 0 spiro atoms. The Hall–Kier alpha value is -1.31. The second-order valence-corrected chi connectivity index (χ2v) is 3.49. The van der Waals surface area contributed by atoms with Crippen molar-refractivity contribution in [2.45, 2.75) is 6.30 Å². The van der Waals surface area contributed by atoms with Crippen molar-refractivity contribution >= 4 is 27.3 Å². The summed E-state index contributed by atoms with van der Waals surface area (Å²) in [5.41, 5.74) is -0.806. The van der Waals surface area contributed by atoms with Gasteiger partial charge in [0.25, 0.3) is 5.69 Å². The summed E-state index contributed by atoms with van der Waals surface area (Å²) in [6.07, 6.45) is -4.62. The van der Waals surface area contributed by atoms with E-state index in [-0.39, 0.29) is 10.2 Å². The summed E-state index contributed by atoms with van der Waals surface area (Å²) in [6, 6.07) is 3.01. The molecule has 0 unspecified atom stereocenters. The zero-order valence-corrected chi connectivity index (χ0v) is 8.59. The lowest BCUT2D eigenvalue weighted by molar-refractivity contribution is -0.384. The van der Waals surface area contributed by atoms with Crippen LogP contribution in [0.25, 0.3) is 0 Å². The van der Waals surface area contributed by atoms with Crippen molar-refractivity contribution in [2.24, 2.45) is 0 Å². The number of rotatable bonds is 2. The smallest absolute Gasteiger partial charge is 0.297 e. The maximum atomic E-state index is 11.9. The van der Waals surface area contributed by atoms with Crippen molar-refractivity contribution in [1.82, 2.24) is 0 Å². The normalized spacial score (nSPS) is 11.2. The Morgan fingerprint density at radius 2 is 1.93 bits per heavy atom. The van der Waals surface area contributed by atoms with E-state index in [1.54, 1.807) is 0 Å². The molecule has 0 radical (unpaired) electrons. The molecule has 15 heavy (non-hydrogen) atoms. The standard InChI is InChI=1S/C7H4BrF3N2O2/c8-4-1-5(12-7(9,10)11)3-6(2-4)13(14)15/h1-3,12H. The maximum Gasteiger partial charge on any atom is 0.482 e. The minimum atomic E-state index is -4.62. The minimum absolute atomic E-state index is 0.198. The molecule has 0 bridgehead atoms. The number of hydrogen-bond acceptors (Lipinski definition) is 3. The second kappa shape index (κ2) is 4.05. The average Bonchev–Trinajstić information content (AvgIpc) is 1.99. The van der Waals surface area contributed by atoms with Crippen molar-refractivity contribution in [1.29, 1.82) is 0 Å². The number of nitrogens with zero attached hydrogens (tertiary/aromatic N) is 1. The maximum absolute atomic E-state index is 11.9. The van der Waals surface area contributed by atoms with Gasteiger partial charge in [0, 0.05) is 22.3 Å². The van der Waals surface area contributed by atoms with Crippen molar-refractivity contribution in [3.8, 4) is 0 Å². The SMILES string of the molecule is O=[N+]([O-])c1cc(Br)cc(NC(F)(F)F)c1. The molecule has 8 heteroatoms. The van der Waals surface area contributed by atoms with Gasteiger partial charge in [0.1, 0.15) is 0 Å². The van der Waals surface area contributed by atoms with Crippen LogP contribution in [0, 0.1) is 10.1 Å². The van der Waals surface area contributed by atoms with Crippen LogP contribution in [0.15, 0.2) is 22.7 Å². The van der Waals surface area contributed by atoms with Crippen molar-refractivity contribution in [2.75, 3.05) is 5.32 Å². The molecule has 0 aliphatic rings. The molecule has 0 aliphatic heterocycles. The van der Waals surface area contributed by atoms with E-state index < -0.39 is 16.9 Å². The lowest BCUT2D eigenvalue weighted by atomic mass is 10.3. The van der Waals surface area contributed by atoms with Crippen LogP contribution in [-0.4, -0.2) is 11.2 Å². The number of nitro benzene ring substituents is 1. The Labute approximate surface area is 90.4 Å². The highest BCUT2D eigenvalue weighted by Crippen LogP contribution is 2.27. The highest BCUT2D eigenvalue weighted by Gasteiger charge is 2.27. The Kier molecular flexibility index (Phi) is 3.18. The zero-order valence-electron chi connectivity index (χ0n) is 7.01. The molecule has 82 valence electrons. The van der Waals surface area contributed by atoms with Gasteiger partial charge in [0.15, 0.2) is 0 Å². The first kappa shape index (κ1) is 11.8. The minimum Gasteiger partial charge on any atom is -0.297 e. The molecular formula is C7H4BrF3N2O2. The van der Waals surface area contributed by atoms with Crippen molar-refractivity contribution in [3.63, 3.8) is 0 Å². The summed E-state index contributed by atoms with van der Waals surface area (Å²) < 4.78 is 35.9. The topological polar surface area (TPSA) is 55.2 Å². The van der Waals surface area contributed by atoms with Crippen LogP contribution >= 0.6 is 15.9 Å². The molecule has 0 aliphatic carbocycles. The van der Waals surface area contributed by atoms with E-state index in [1.807, 2.05) is 0 Å². The molecule has 0 heterocycles. The molecule has 1 rings (SSSR count). The molecule has 1 aromatic carbocycles. The first-order chi connectivity index (χ1) is 6.78. The predicted octanol–water partition coefficient (Wildman–Crippen LogP) is 3.29. The van der Waals surface area contributed by atoms with Gasteiger partial charge in [-0.15, -0.1) is 0 Å². The summed E-state index contributed by atoms with van der Waals surface area (Å²) in [4.78, 5) is 9.58. The third-order valence-corrected chi connectivity index (χ3v) is 1.84. The monoisotopic (exact) mass is 284 g/mol. The van der Waals surface area contributed by atoms with Crippen LogP contribution in [0.5, 0.6) is 0 Å². The molecule has 0 saturated heterocycles. The van der Waals surface area contributed by atoms with Gasteiger partial charge in [0.05, 0.1) is 4.92 Å². The second-order valence-electron chi connectivity index (χ2n) is 2.58. The molecule has 0 atom stereocenters. The summed E-state index contributed by atoms with van der Waals surface area (Å²) in [7, 11) is 0. The van der Waals surface area contributed by atoms with Crippen LogP contribution in [0.1, 0.15) is 0 Å². The van der Waals surface area contributed by atoms with Gasteiger partial charge in [-0.3, -0.25) is 15.4 Å². The summed E-state index contributed by atoms with van der Waals surface area (Å²) in [5, 5.41) is 11.5. The highest BCUT2D eigenvalue weighted by molar-refractivity contribution is 9.10. The summed E-state index contributed by atoms with van der Waals surface area (Å²) in [5.74, 6) is 0. The third kappa shape index (κ3) is 3.74. The molecule has 0 aromatic heterocycles. The van der Waals surface area contributed by atoms with Crippen molar-refractivity contribution < 1.29 is 18.1 Å². The number of halogens is 4. The third-order valence-electron chi connectivity index (χ3n) is 1.38. The fourth-order valence-electron chi connectivity index (χ4n) is 0.915. The number of nitrogens with one attached hydrogen (secondary N) is 1. The van der Waals surface area contributed by atoms with Gasteiger partial charge in [-0.2, -0.15) is 13.2 Å². The lowest BCUT2D eigenvalue weighted by Gasteiger charge is -2.09. The Bertz CT molecular complexity index is 394. The fourth-order valence-corrected chi connectivity index (χ4v) is 1.40. The molecule has 0 amide bonds. The van der Waals surface area contributed by atoms with Crippen LogP contribution in [0.4, 0.5) is 24.5 Å². The van der Waals surface area contributed by atoms with E-state index in [0.717, 1.165) is 18.2 Å². The zero-order chi connectivity index (χ0) is 11.6. The molecule has 0 fully saturated rings. The van der Waals surface area contributed by atoms with Crippen LogP contribution in [0.2, 0.25) is 0 Å². The number of hydrogen-bond donors (Lipinski definition) is 1. The molecule has 1 N–H and O–H groups in total. The van der Waals surface area contributed by atoms with E-state index >= 15 is 0 Å². The number of anilines is 1. The summed E-state index contributed by atoms with van der Waals surface area (Å²) in [6.45, 7) is 0. The Morgan fingerprint density at radius 3 is 2.40 bits per heavy atom. The first-order valence-corrected chi connectivity index (χ1v) is 4.37. The van der Waals surface area contributed by atoms with Crippen molar-refractivity contribution in [3.05, 3.63) is 32.8 Å². The highest BCUT2D eigenvalue weighted by atomic mass is 79.9. The Morgan fingerprint density at radius 1 is 1.33 bits per heavy atom. The average molecular weight is 285 g/mol. The molecule has 1 aromatic rings. The van der Waals surface area contributed by atoms with Gasteiger partial charge in [-0.25, -0.2) is 0 Å². The predicted molar refractivity (Wildman–Crippen MR) is 50.5 cm³/mol. The van der Waals surface area contributed by atoms with E-state index in [4.69, 9.17) is 0 Å². The fraction of sp³-hybridized carbons (Fsp3) is 0.143. The molecule has 4 nitrogen and oxygen atoms in total. The largest absolute Gasteiger partial charge is 0.482 e. The van der Waals surface area contributed by atoms with Gasteiger partial charge in [-0.1, -0.05) is 15.9 Å². The molecular weight excluding hydrogens is 281 g/mol. The van der Waals surface area contributed by atoms with E-state index in [1.165, 1.54) is 5.32 Å². The Balaban J connectivity index is 3.04. The number of nitro groups is 1. The van der Waals surface area contributed by atoms with Gasteiger partial charge >= 0.3 is 6.30 Å². The van der Waals surface area contributed by atoms with Crippen LogP contribution in [-0.2, 0) is 0 Å². The van der Waals surface area contributed by atoms with E-state index in [2.05, 4.69) is 15.9 Å². The number of non-ortho nitro benzene ring substituents is 1. The van der Waals surface area contributed by atoms with Crippen LogP contribution < -0.4 is 5.32 Å². The van der Waals surface area contributed by atoms with E-state index in [9.17, 15) is 23.3 Å². The quantitative estimate of drug-likeness (QED) is 0.515. The van der Waals surface area contributed by atoms with E-state index in [0.29, 0.717) is 0 Å². The van der Waals surface area contributed by atoms with Gasteiger partial charge < -0.3 is 0 Å². The lowest BCUT2D eigenvalue weighted by Crippen LogP contribution is -2.20. The molecule has 0 saturated carbocycles.